The van der Waals surface area contributed by atoms with E-state index in [1.54, 1.807) is 12.4 Å². The first kappa shape index (κ1) is 19.4. The number of rotatable bonds is 6. The van der Waals surface area contributed by atoms with E-state index in [1.807, 2.05) is 27.7 Å². The summed E-state index contributed by atoms with van der Waals surface area (Å²) in [4.78, 5) is 20.5. The molecule has 1 heterocycles. The van der Waals surface area contributed by atoms with Gasteiger partial charge < -0.3 is 15.4 Å². The molecule has 0 aromatic carbocycles. The van der Waals surface area contributed by atoms with Crippen molar-refractivity contribution in [3.8, 4) is 0 Å². The molecule has 0 radical (unpaired) electrons. The van der Waals surface area contributed by atoms with E-state index in [2.05, 4.69) is 41.4 Å². The number of hydrogen-bond acceptors (Lipinski definition) is 5. The van der Waals surface area contributed by atoms with Gasteiger partial charge in [0, 0.05) is 31.0 Å². The molecule has 0 fully saturated rings. The Labute approximate surface area is 139 Å². The molecule has 0 saturated carbocycles. The molecule has 0 aliphatic carbocycles. The van der Waals surface area contributed by atoms with Crippen molar-refractivity contribution in [3.05, 3.63) is 23.8 Å². The van der Waals surface area contributed by atoms with E-state index in [1.165, 1.54) is 0 Å². The van der Waals surface area contributed by atoms with Crippen LogP contribution < -0.4 is 10.6 Å². The number of nitrogens with one attached hydrogen (secondary N) is 2. The number of nitrogens with zero attached hydrogens (tertiary/aromatic N) is 2. The van der Waals surface area contributed by atoms with Gasteiger partial charge in [-0.1, -0.05) is 13.8 Å². The molecule has 1 aromatic rings. The van der Waals surface area contributed by atoms with Gasteiger partial charge in [0.15, 0.2) is 0 Å². The molecule has 1 rings (SSSR count). The summed E-state index contributed by atoms with van der Waals surface area (Å²) in [7, 11) is 0. The molecule has 1 aromatic heterocycles. The molecule has 2 unspecified atom stereocenters. The average Bonchev–Trinajstić information content (AvgIpc) is 2.41. The van der Waals surface area contributed by atoms with Crippen molar-refractivity contribution in [1.82, 2.24) is 20.6 Å². The largest absolute Gasteiger partial charge is 0.444 e. The van der Waals surface area contributed by atoms with E-state index in [0.29, 0.717) is 12.5 Å². The first-order valence-corrected chi connectivity index (χ1v) is 8.10. The predicted molar refractivity (Wildman–Crippen MR) is 91.2 cm³/mol. The Balaban J connectivity index is 2.62. The van der Waals surface area contributed by atoms with Crippen LogP contribution in [0, 0.1) is 12.8 Å². The Kier molecular flexibility index (Phi) is 6.94. The van der Waals surface area contributed by atoms with Gasteiger partial charge in [0.25, 0.3) is 0 Å². The predicted octanol–water partition coefficient (Wildman–Crippen LogP) is 2.98. The summed E-state index contributed by atoms with van der Waals surface area (Å²) >= 11 is 0. The maximum atomic E-state index is 11.8. The summed E-state index contributed by atoms with van der Waals surface area (Å²) in [6.45, 7) is 14.3. The van der Waals surface area contributed by atoms with Gasteiger partial charge in [-0.3, -0.25) is 9.97 Å². The van der Waals surface area contributed by atoms with Gasteiger partial charge in [0.05, 0.1) is 11.4 Å². The van der Waals surface area contributed by atoms with Crippen LogP contribution in [0.3, 0.4) is 0 Å². The first-order chi connectivity index (χ1) is 10.6. The van der Waals surface area contributed by atoms with Crippen LogP contribution in [0.4, 0.5) is 4.79 Å². The Morgan fingerprint density at radius 2 is 1.83 bits per heavy atom. The van der Waals surface area contributed by atoms with Crippen molar-refractivity contribution in [2.75, 3.05) is 6.54 Å². The Morgan fingerprint density at radius 3 is 2.35 bits per heavy atom. The van der Waals surface area contributed by atoms with E-state index < -0.39 is 11.7 Å². The summed E-state index contributed by atoms with van der Waals surface area (Å²) in [5.41, 5.74) is 1.35. The van der Waals surface area contributed by atoms with E-state index in [0.717, 1.165) is 11.4 Å². The van der Waals surface area contributed by atoms with Gasteiger partial charge in [0.1, 0.15) is 5.60 Å². The van der Waals surface area contributed by atoms with Gasteiger partial charge in [0.2, 0.25) is 0 Å². The number of aromatic nitrogens is 2. The number of alkyl carbamates (subject to hydrolysis) is 1. The summed E-state index contributed by atoms with van der Waals surface area (Å²) in [6.07, 6.45) is 2.99. The molecule has 0 aliphatic rings. The molecule has 1 amide bonds. The van der Waals surface area contributed by atoms with Crippen molar-refractivity contribution >= 4 is 6.09 Å². The van der Waals surface area contributed by atoms with Crippen molar-refractivity contribution in [2.45, 2.75) is 66.2 Å². The number of carbonyl (C=O) groups excluding carboxylic acids is 1. The van der Waals surface area contributed by atoms with Crippen LogP contribution in [0.2, 0.25) is 0 Å². The third kappa shape index (κ3) is 6.95. The van der Waals surface area contributed by atoms with Gasteiger partial charge in [-0.15, -0.1) is 0 Å². The smallest absolute Gasteiger partial charge is 0.407 e. The topological polar surface area (TPSA) is 76.1 Å². The average molecular weight is 322 g/mol. The van der Waals surface area contributed by atoms with Crippen molar-refractivity contribution in [1.29, 1.82) is 0 Å². The monoisotopic (exact) mass is 322 g/mol. The lowest BCUT2D eigenvalue weighted by atomic mass is 10.0. The van der Waals surface area contributed by atoms with Gasteiger partial charge in [-0.2, -0.15) is 0 Å². The zero-order chi connectivity index (χ0) is 17.6. The second-order valence-corrected chi connectivity index (χ2v) is 7.15. The summed E-state index contributed by atoms with van der Waals surface area (Å²) in [5.74, 6) is 0.351. The minimum Gasteiger partial charge on any atom is -0.444 e. The van der Waals surface area contributed by atoms with Crippen LogP contribution in [0.15, 0.2) is 12.4 Å². The van der Waals surface area contributed by atoms with E-state index in [4.69, 9.17) is 4.74 Å². The highest BCUT2D eigenvalue weighted by atomic mass is 16.6. The summed E-state index contributed by atoms with van der Waals surface area (Å²) in [5, 5.41) is 6.35. The minimum atomic E-state index is -0.491. The zero-order valence-electron chi connectivity index (χ0n) is 15.3. The molecule has 23 heavy (non-hydrogen) atoms. The Hall–Kier alpha value is -1.69. The summed E-state index contributed by atoms with van der Waals surface area (Å²) in [6, 6.07) is 0.162. The van der Waals surface area contributed by atoms with Crippen LogP contribution in [0.1, 0.15) is 59.0 Å². The van der Waals surface area contributed by atoms with Crippen LogP contribution in [-0.2, 0) is 4.74 Å². The molecule has 2 N–H and O–H groups in total. The van der Waals surface area contributed by atoms with Crippen LogP contribution >= 0.6 is 0 Å². The van der Waals surface area contributed by atoms with Gasteiger partial charge >= 0.3 is 6.09 Å². The molecule has 0 saturated heterocycles. The Bertz CT molecular complexity index is 512. The maximum absolute atomic E-state index is 11.8. The number of hydrogen-bond donors (Lipinski definition) is 2. The molecular formula is C17H30N4O2. The van der Waals surface area contributed by atoms with Gasteiger partial charge in [-0.05, 0) is 40.5 Å². The van der Waals surface area contributed by atoms with Crippen molar-refractivity contribution in [3.63, 3.8) is 0 Å². The van der Waals surface area contributed by atoms with Crippen LogP contribution in [0.5, 0.6) is 0 Å². The fourth-order valence-electron chi connectivity index (χ4n) is 2.24. The highest BCUT2D eigenvalue weighted by Crippen LogP contribution is 2.15. The second kappa shape index (κ2) is 8.24. The fourth-order valence-corrected chi connectivity index (χ4v) is 2.24. The molecular weight excluding hydrogens is 292 g/mol. The standard InChI is InChI=1S/C17H30N4O2/c1-11(2)14(10-20-16(22)23-17(5,6)7)21-13(4)15-12(3)18-8-9-19-15/h8-9,11,13-14,21H,10H2,1-7H3,(H,20,22). The lowest BCUT2D eigenvalue weighted by molar-refractivity contribution is 0.0518. The second-order valence-electron chi connectivity index (χ2n) is 7.15. The van der Waals surface area contributed by atoms with E-state index in [-0.39, 0.29) is 12.1 Å². The number of aryl methyl sites for hydroxylation is 1. The van der Waals surface area contributed by atoms with Gasteiger partial charge in [-0.25, -0.2) is 4.79 Å². The lowest BCUT2D eigenvalue weighted by Gasteiger charge is -2.27. The number of carbonyl (C=O) groups is 1. The number of amides is 1. The van der Waals surface area contributed by atoms with Crippen molar-refractivity contribution < 1.29 is 9.53 Å². The third-order valence-electron chi connectivity index (χ3n) is 3.46. The minimum absolute atomic E-state index is 0.0523. The molecule has 6 heteroatoms. The van der Waals surface area contributed by atoms with E-state index in [9.17, 15) is 4.79 Å². The first-order valence-electron chi connectivity index (χ1n) is 8.10. The SMILES string of the molecule is Cc1nccnc1C(C)NC(CNC(=O)OC(C)(C)C)C(C)C. The zero-order valence-corrected chi connectivity index (χ0v) is 15.3. The molecule has 2 atom stereocenters. The molecule has 130 valence electrons. The normalized spacial score (nSPS) is 14.4. The van der Waals surface area contributed by atoms with Crippen LogP contribution in [-0.4, -0.2) is 34.2 Å². The highest BCUT2D eigenvalue weighted by molar-refractivity contribution is 5.67. The maximum Gasteiger partial charge on any atom is 0.407 e. The third-order valence-corrected chi connectivity index (χ3v) is 3.46. The quantitative estimate of drug-likeness (QED) is 0.842. The van der Waals surface area contributed by atoms with E-state index >= 15 is 0 Å². The molecule has 0 spiro atoms. The van der Waals surface area contributed by atoms with Crippen molar-refractivity contribution in [2.24, 2.45) is 5.92 Å². The molecule has 6 nitrogen and oxygen atoms in total. The highest BCUT2D eigenvalue weighted by Gasteiger charge is 2.21. The molecule has 0 aliphatic heterocycles. The number of ether oxygens (including phenoxy) is 1. The fraction of sp³-hybridized carbons (Fsp3) is 0.706. The Morgan fingerprint density at radius 1 is 1.22 bits per heavy atom. The summed E-state index contributed by atoms with van der Waals surface area (Å²) < 4.78 is 5.28. The lowest BCUT2D eigenvalue weighted by Crippen LogP contribution is -2.46. The molecule has 0 bridgehead atoms. The van der Waals surface area contributed by atoms with Crippen LogP contribution in [0.25, 0.3) is 0 Å².